The van der Waals surface area contributed by atoms with Crippen molar-refractivity contribution in [3.05, 3.63) is 54.1 Å². The van der Waals surface area contributed by atoms with Gasteiger partial charge in [-0.2, -0.15) is 0 Å². The summed E-state index contributed by atoms with van der Waals surface area (Å²) in [6, 6.07) is 13.1. The number of hydrogen-bond donors (Lipinski definition) is 3. The Morgan fingerprint density at radius 2 is 1.85 bits per heavy atom. The van der Waals surface area contributed by atoms with Crippen molar-refractivity contribution < 1.29 is 28.7 Å². The quantitative estimate of drug-likeness (QED) is 0.380. The molecule has 1 unspecified atom stereocenters. The maximum absolute atomic E-state index is 12.6. The van der Waals surface area contributed by atoms with Crippen molar-refractivity contribution in [3.63, 3.8) is 0 Å². The Bertz CT molecular complexity index is 1040. The molecule has 33 heavy (non-hydrogen) atoms. The largest absolute Gasteiger partial charge is 0.497 e. The number of anilines is 1. The van der Waals surface area contributed by atoms with Crippen molar-refractivity contribution in [2.24, 2.45) is 0 Å². The maximum atomic E-state index is 12.6. The lowest BCUT2D eigenvalue weighted by Gasteiger charge is -2.15. The Labute approximate surface area is 195 Å². The standard InChI is InChI=1S/C23H25N3O6S/c1-14(21(28)26-23(30)25-15-10-11-15)32-22(29)18-8-3-4-9-19(18)33-13-20(27)24-16-6-5-7-17(12-16)31-2/h3-9,12,14-15H,10-11,13H2,1-2H3,(H,24,27)(H2,25,26,28,30). The molecule has 10 heteroatoms. The average Bonchev–Trinajstić information content (AvgIpc) is 3.61. The molecule has 4 amide bonds. The van der Waals surface area contributed by atoms with Gasteiger partial charge in [-0.25, -0.2) is 9.59 Å². The molecule has 0 saturated heterocycles. The van der Waals surface area contributed by atoms with Crippen molar-refractivity contribution >= 4 is 41.3 Å². The first-order valence-electron chi connectivity index (χ1n) is 10.3. The first-order chi connectivity index (χ1) is 15.9. The highest BCUT2D eigenvalue weighted by molar-refractivity contribution is 8.00. The molecule has 0 aliphatic heterocycles. The molecule has 1 aliphatic carbocycles. The van der Waals surface area contributed by atoms with E-state index in [-0.39, 0.29) is 23.3 Å². The number of urea groups is 1. The summed E-state index contributed by atoms with van der Waals surface area (Å²) in [5, 5.41) is 7.56. The number of hydrogen-bond acceptors (Lipinski definition) is 7. The molecular formula is C23H25N3O6S. The van der Waals surface area contributed by atoms with Gasteiger partial charge in [-0.3, -0.25) is 14.9 Å². The summed E-state index contributed by atoms with van der Waals surface area (Å²) in [4.78, 5) is 49.3. The van der Waals surface area contributed by atoms with Crippen LogP contribution >= 0.6 is 11.8 Å². The normalized spacial score (nSPS) is 13.4. The first kappa shape index (κ1) is 24.1. The second-order valence-corrected chi connectivity index (χ2v) is 8.37. The maximum Gasteiger partial charge on any atom is 0.340 e. The summed E-state index contributed by atoms with van der Waals surface area (Å²) in [5.74, 6) is -1.03. The summed E-state index contributed by atoms with van der Waals surface area (Å²) in [7, 11) is 1.54. The number of nitrogens with one attached hydrogen (secondary N) is 3. The van der Waals surface area contributed by atoms with E-state index in [1.165, 1.54) is 6.92 Å². The third-order valence-corrected chi connectivity index (χ3v) is 5.70. The van der Waals surface area contributed by atoms with E-state index < -0.39 is 24.0 Å². The van der Waals surface area contributed by atoms with E-state index in [0.29, 0.717) is 16.3 Å². The minimum atomic E-state index is -1.17. The van der Waals surface area contributed by atoms with Gasteiger partial charge < -0.3 is 20.1 Å². The van der Waals surface area contributed by atoms with Crippen LogP contribution in [0.5, 0.6) is 5.75 Å². The second-order valence-electron chi connectivity index (χ2n) is 7.35. The van der Waals surface area contributed by atoms with Crippen LogP contribution < -0.4 is 20.7 Å². The van der Waals surface area contributed by atoms with Crippen LogP contribution in [0.15, 0.2) is 53.4 Å². The average molecular weight is 472 g/mol. The van der Waals surface area contributed by atoms with Crippen LogP contribution in [0.2, 0.25) is 0 Å². The van der Waals surface area contributed by atoms with E-state index in [4.69, 9.17) is 9.47 Å². The van der Waals surface area contributed by atoms with Crippen LogP contribution in [0.4, 0.5) is 10.5 Å². The summed E-state index contributed by atoms with van der Waals surface area (Å²) in [6.07, 6.45) is 0.605. The molecule has 1 aliphatic rings. The molecule has 1 fully saturated rings. The molecule has 174 valence electrons. The molecule has 0 radical (unpaired) electrons. The van der Waals surface area contributed by atoms with Crippen LogP contribution in [0.3, 0.4) is 0 Å². The number of thioether (sulfide) groups is 1. The number of ether oxygens (including phenoxy) is 2. The van der Waals surface area contributed by atoms with E-state index in [0.717, 1.165) is 24.6 Å². The zero-order valence-corrected chi connectivity index (χ0v) is 19.1. The number of benzene rings is 2. The molecule has 0 spiro atoms. The lowest BCUT2D eigenvalue weighted by Crippen LogP contribution is -2.45. The Kier molecular flexibility index (Phi) is 8.31. The molecule has 3 rings (SSSR count). The Hall–Kier alpha value is -3.53. The number of methoxy groups -OCH3 is 1. The number of imide groups is 1. The van der Waals surface area contributed by atoms with Crippen LogP contribution in [-0.4, -0.2) is 48.8 Å². The molecule has 0 heterocycles. The summed E-state index contributed by atoms with van der Waals surface area (Å²) >= 11 is 1.16. The predicted molar refractivity (Wildman–Crippen MR) is 123 cm³/mol. The van der Waals surface area contributed by atoms with Gasteiger partial charge >= 0.3 is 12.0 Å². The highest BCUT2D eigenvalue weighted by Crippen LogP contribution is 2.24. The minimum Gasteiger partial charge on any atom is -0.497 e. The highest BCUT2D eigenvalue weighted by atomic mass is 32.2. The van der Waals surface area contributed by atoms with Crippen molar-refractivity contribution in [3.8, 4) is 5.75 Å². The topological polar surface area (TPSA) is 123 Å². The fourth-order valence-electron chi connectivity index (χ4n) is 2.74. The Morgan fingerprint density at radius 3 is 2.58 bits per heavy atom. The van der Waals surface area contributed by atoms with Crippen molar-refractivity contribution in [2.75, 3.05) is 18.2 Å². The molecular weight excluding hydrogens is 446 g/mol. The predicted octanol–water partition coefficient (Wildman–Crippen LogP) is 2.96. The van der Waals surface area contributed by atoms with Gasteiger partial charge in [-0.1, -0.05) is 18.2 Å². The second kappa shape index (κ2) is 11.4. The minimum absolute atomic E-state index is 0.0544. The van der Waals surface area contributed by atoms with E-state index in [2.05, 4.69) is 16.0 Å². The van der Waals surface area contributed by atoms with Gasteiger partial charge in [0.2, 0.25) is 5.91 Å². The lowest BCUT2D eigenvalue weighted by atomic mass is 10.2. The van der Waals surface area contributed by atoms with Crippen LogP contribution in [-0.2, 0) is 14.3 Å². The van der Waals surface area contributed by atoms with E-state index in [1.807, 2.05) is 0 Å². The van der Waals surface area contributed by atoms with Gasteiger partial charge in [0.15, 0.2) is 6.10 Å². The van der Waals surface area contributed by atoms with Gasteiger partial charge in [0.1, 0.15) is 5.75 Å². The molecule has 2 aromatic carbocycles. The number of esters is 1. The molecule has 0 bridgehead atoms. The Morgan fingerprint density at radius 1 is 1.09 bits per heavy atom. The SMILES string of the molecule is COc1cccc(NC(=O)CSc2ccccc2C(=O)OC(C)C(=O)NC(=O)NC2CC2)c1. The summed E-state index contributed by atoms with van der Waals surface area (Å²) in [5.41, 5.74) is 0.817. The fourth-order valence-corrected chi connectivity index (χ4v) is 3.58. The van der Waals surface area contributed by atoms with Gasteiger partial charge in [-0.05, 0) is 44.0 Å². The lowest BCUT2D eigenvalue weighted by molar-refractivity contribution is -0.127. The molecule has 0 aromatic heterocycles. The molecule has 1 atom stereocenters. The first-order valence-corrected chi connectivity index (χ1v) is 11.3. The van der Waals surface area contributed by atoms with Crippen LogP contribution in [0, 0.1) is 0 Å². The molecule has 1 saturated carbocycles. The van der Waals surface area contributed by atoms with Crippen LogP contribution in [0.25, 0.3) is 0 Å². The van der Waals surface area contributed by atoms with E-state index in [1.54, 1.807) is 55.6 Å². The smallest absolute Gasteiger partial charge is 0.340 e. The molecule has 2 aromatic rings. The number of carbonyl (C=O) groups excluding carboxylic acids is 4. The number of carbonyl (C=O) groups is 4. The van der Waals surface area contributed by atoms with Gasteiger partial charge in [0.25, 0.3) is 5.91 Å². The van der Waals surface area contributed by atoms with Gasteiger partial charge in [0, 0.05) is 22.7 Å². The molecule has 9 nitrogen and oxygen atoms in total. The summed E-state index contributed by atoms with van der Waals surface area (Å²) < 4.78 is 10.4. The van der Waals surface area contributed by atoms with Crippen molar-refractivity contribution in [1.29, 1.82) is 0 Å². The third-order valence-electron chi connectivity index (χ3n) is 4.62. The number of amides is 4. The Balaban J connectivity index is 1.53. The van der Waals surface area contributed by atoms with Crippen LogP contribution in [0.1, 0.15) is 30.1 Å². The van der Waals surface area contributed by atoms with Gasteiger partial charge in [0.05, 0.1) is 18.4 Å². The highest BCUT2D eigenvalue weighted by Gasteiger charge is 2.26. The van der Waals surface area contributed by atoms with Crippen molar-refractivity contribution in [1.82, 2.24) is 10.6 Å². The fraction of sp³-hybridized carbons (Fsp3) is 0.304. The third kappa shape index (κ3) is 7.53. The van der Waals surface area contributed by atoms with Crippen molar-refractivity contribution in [2.45, 2.75) is 36.8 Å². The zero-order chi connectivity index (χ0) is 23.8. The zero-order valence-electron chi connectivity index (χ0n) is 18.3. The molecule has 3 N–H and O–H groups in total. The monoisotopic (exact) mass is 471 g/mol. The van der Waals surface area contributed by atoms with Gasteiger partial charge in [-0.15, -0.1) is 11.8 Å². The van der Waals surface area contributed by atoms with E-state index in [9.17, 15) is 19.2 Å². The number of rotatable bonds is 9. The van der Waals surface area contributed by atoms with E-state index >= 15 is 0 Å². The summed E-state index contributed by atoms with van der Waals surface area (Å²) in [6.45, 7) is 1.38.